The average Bonchev–Trinajstić information content (AvgIpc) is 2.95. The van der Waals surface area contributed by atoms with Gasteiger partial charge in [-0.2, -0.15) is 15.0 Å². The molecule has 6 heteroatoms. The van der Waals surface area contributed by atoms with Gasteiger partial charge in [-0.05, 0) is 12.1 Å². The number of fused-ring (bicyclic) bond motifs is 1. The number of aliphatic hydroxyl groups is 1. The first-order valence-corrected chi connectivity index (χ1v) is 5.75. The largest absolute Gasteiger partial charge is 0.456 e. The zero-order chi connectivity index (χ0) is 12.7. The van der Waals surface area contributed by atoms with Crippen molar-refractivity contribution in [1.82, 2.24) is 15.0 Å². The van der Waals surface area contributed by atoms with Crippen molar-refractivity contribution in [2.24, 2.45) is 7.05 Å². The molecule has 5 nitrogen and oxygen atoms in total. The lowest BCUT2D eigenvalue weighted by molar-refractivity contribution is 0.187. The van der Waals surface area contributed by atoms with Crippen LogP contribution >= 0.6 is 11.6 Å². The molecule has 0 saturated heterocycles. The number of hydrogen-bond donors (Lipinski definition) is 1. The summed E-state index contributed by atoms with van der Waals surface area (Å²) >= 11 is 6.02. The molecule has 3 rings (SSSR count). The number of hydrogen-bond acceptors (Lipinski definition) is 4. The molecule has 2 heterocycles. The van der Waals surface area contributed by atoms with Gasteiger partial charge in [0, 0.05) is 12.4 Å². The molecule has 1 N–H and O–H groups in total. The molecule has 2 aromatic heterocycles. The Hall–Kier alpha value is -1.85. The molecule has 0 saturated carbocycles. The third-order valence-electron chi connectivity index (χ3n) is 2.68. The number of aliphatic hydroxyl groups excluding tert-OH is 1. The van der Waals surface area contributed by atoms with E-state index in [4.69, 9.17) is 16.0 Å². The second-order valence-electron chi connectivity index (χ2n) is 3.97. The number of aromatic nitrogens is 3. The normalized spacial score (nSPS) is 13.1. The summed E-state index contributed by atoms with van der Waals surface area (Å²) in [5.41, 5.74) is 1.00. The van der Waals surface area contributed by atoms with Crippen LogP contribution in [-0.4, -0.2) is 20.1 Å². The Morgan fingerprint density at radius 2 is 2.28 bits per heavy atom. The number of halogens is 1. The molecule has 3 aromatic rings. The van der Waals surface area contributed by atoms with E-state index in [1.54, 1.807) is 19.2 Å². The molecule has 1 atom stereocenters. The highest BCUT2D eigenvalue weighted by Gasteiger charge is 2.19. The highest BCUT2D eigenvalue weighted by atomic mass is 35.5. The van der Waals surface area contributed by atoms with Crippen molar-refractivity contribution in [2.75, 3.05) is 0 Å². The molecule has 0 aliphatic heterocycles. The summed E-state index contributed by atoms with van der Waals surface area (Å²) in [5.74, 6) is 0.401. The first-order valence-electron chi connectivity index (χ1n) is 5.37. The smallest absolute Gasteiger partial charge is 0.157 e. The minimum atomic E-state index is -0.942. The van der Waals surface area contributed by atoms with Crippen LogP contribution < -0.4 is 0 Å². The van der Waals surface area contributed by atoms with Gasteiger partial charge in [0.05, 0.1) is 11.2 Å². The summed E-state index contributed by atoms with van der Waals surface area (Å²) in [4.78, 5) is 1.38. The van der Waals surface area contributed by atoms with Crippen LogP contribution in [0.2, 0.25) is 5.02 Å². The Kier molecular flexibility index (Phi) is 2.57. The third kappa shape index (κ3) is 1.77. The van der Waals surface area contributed by atoms with Gasteiger partial charge in [-0.3, -0.25) is 0 Å². The first-order chi connectivity index (χ1) is 8.65. The van der Waals surface area contributed by atoms with Crippen molar-refractivity contribution in [3.8, 4) is 0 Å². The van der Waals surface area contributed by atoms with E-state index in [9.17, 15) is 5.11 Å². The van der Waals surface area contributed by atoms with Gasteiger partial charge >= 0.3 is 0 Å². The minimum Gasteiger partial charge on any atom is -0.456 e. The molecule has 92 valence electrons. The Bertz CT molecular complexity index is 704. The van der Waals surface area contributed by atoms with E-state index in [0.29, 0.717) is 22.1 Å². The van der Waals surface area contributed by atoms with Crippen LogP contribution in [0.3, 0.4) is 0 Å². The first kappa shape index (κ1) is 11.3. The molecule has 0 amide bonds. The Morgan fingerprint density at radius 1 is 1.44 bits per heavy atom. The molecule has 0 fully saturated rings. The monoisotopic (exact) mass is 263 g/mol. The molecular formula is C12H10ClN3O2. The van der Waals surface area contributed by atoms with Crippen LogP contribution in [0.15, 0.2) is 34.9 Å². The summed E-state index contributed by atoms with van der Waals surface area (Å²) in [6.07, 6.45) is 0.557. The van der Waals surface area contributed by atoms with Crippen molar-refractivity contribution < 1.29 is 9.52 Å². The van der Waals surface area contributed by atoms with Gasteiger partial charge < -0.3 is 9.52 Å². The zero-order valence-electron chi connectivity index (χ0n) is 9.54. The standard InChI is InChI=1S/C12H10ClN3O2/c1-16-14-6-9(15-16)11(17)10-5-7-3-2-4-8(13)12(7)18-10/h2-6,11,17H,1H3. The van der Waals surface area contributed by atoms with Crippen LogP contribution in [0.1, 0.15) is 17.6 Å². The predicted octanol–water partition coefficient (Wildman–Crippen LogP) is 2.30. The number of para-hydroxylation sites is 1. The van der Waals surface area contributed by atoms with E-state index in [-0.39, 0.29) is 0 Å². The highest BCUT2D eigenvalue weighted by Crippen LogP contribution is 2.31. The summed E-state index contributed by atoms with van der Waals surface area (Å²) in [7, 11) is 1.69. The quantitative estimate of drug-likeness (QED) is 0.770. The number of rotatable bonds is 2. The summed E-state index contributed by atoms with van der Waals surface area (Å²) in [5, 5.41) is 19.5. The van der Waals surface area contributed by atoms with Crippen LogP contribution in [0.5, 0.6) is 0 Å². The van der Waals surface area contributed by atoms with Crippen LogP contribution in [0.4, 0.5) is 0 Å². The van der Waals surface area contributed by atoms with Crippen LogP contribution in [0.25, 0.3) is 11.0 Å². The Morgan fingerprint density at radius 3 is 2.94 bits per heavy atom. The molecule has 0 aliphatic carbocycles. The van der Waals surface area contributed by atoms with Gasteiger partial charge in [0.2, 0.25) is 0 Å². The van der Waals surface area contributed by atoms with Gasteiger partial charge in [-0.15, -0.1) is 0 Å². The molecule has 0 bridgehead atoms. The minimum absolute atomic E-state index is 0.401. The maximum Gasteiger partial charge on any atom is 0.157 e. The van der Waals surface area contributed by atoms with E-state index in [0.717, 1.165) is 5.39 Å². The molecule has 0 radical (unpaired) electrons. The lowest BCUT2D eigenvalue weighted by Gasteiger charge is -2.01. The molecule has 0 aliphatic rings. The Balaban J connectivity index is 2.06. The number of benzene rings is 1. The fraction of sp³-hybridized carbons (Fsp3) is 0.167. The fourth-order valence-corrected chi connectivity index (χ4v) is 2.04. The average molecular weight is 264 g/mol. The van der Waals surface area contributed by atoms with Gasteiger partial charge in [0.1, 0.15) is 11.5 Å². The number of aryl methyl sites for hydroxylation is 1. The van der Waals surface area contributed by atoms with E-state index in [1.807, 2.05) is 12.1 Å². The number of nitrogens with zero attached hydrogens (tertiary/aromatic N) is 3. The van der Waals surface area contributed by atoms with Crippen molar-refractivity contribution in [1.29, 1.82) is 0 Å². The second-order valence-corrected chi connectivity index (χ2v) is 4.38. The molecule has 0 spiro atoms. The van der Waals surface area contributed by atoms with E-state index < -0.39 is 6.10 Å². The molecule has 1 unspecified atom stereocenters. The lowest BCUT2D eigenvalue weighted by atomic mass is 10.2. The highest BCUT2D eigenvalue weighted by molar-refractivity contribution is 6.34. The fourth-order valence-electron chi connectivity index (χ4n) is 1.81. The van der Waals surface area contributed by atoms with Crippen molar-refractivity contribution in [2.45, 2.75) is 6.10 Å². The lowest BCUT2D eigenvalue weighted by Crippen LogP contribution is -2.00. The van der Waals surface area contributed by atoms with Gasteiger partial charge in [-0.1, -0.05) is 23.7 Å². The predicted molar refractivity (Wildman–Crippen MR) is 66.3 cm³/mol. The van der Waals surface area contributed by atoms with E-state index in [1.165, 1.54) is 11.0 Å². The molecule has 18 heavy (non-hydrogen) atoms. The molecular weight excluding hydrogens is 254 g/mol. The van der Waals surface area contributed by atoms with Crippen LogP contribution in [0, 0.1) is 0 Å². The van der Waals surface area contributed by atoms with Crippen molar-refractivity contribution in [3.05, 3.63) is 46.9 Å². The van der Waals surface area contributed by atoms with Gasteiger partial charge in [0.25, 0.3) is 0 Å². The summed E-state index contributed by atoms with van der Waals surface area (Å²) in [6, 6.07) is 7.20. The van der Waals surface area contributed by atoms with Gasteiger partial charge in [-0.25, -0.2) is 0 Å². The second kappa shape index (κ2) is 4.12. The SMILES string of the molecule is Cn1ncc(C(O)c2cc3cccc(Cl)c3o2)n1. The summed E-state index contributed by atoms with van der Waals surface area (Å²) < 4.78 is 5.57. The van der Waals surface area contributed by atoms with Crippen LogP contribution in [-0.2, 0) is 7.05 Å². The Labute approximate surface area is 108 Å². The maximum absolute atomic E-state index is 10.1. The zero-order valence-corrected chi connectivity index (χ0v) is 10.3. The van der Waals surface area contributed by atoms with Crippen molar-refractivity contribution in [3.63, 3.8) is 0 Å². The van der Waals surface area contributed by atoms with Crippen molar-refractivity contribution >= 4 is 22.6 Å². The van der Waals surface area contributed by atoms with E-state index in [2.05, 4.69) is 10.2 Å². The maximum atomic E-state index is 10.1. The number of furan rings is 1. The molecule has 1 aromatic carbocycles. The third-order valence-corrected chi connectivity index (χ3v) is 2.98. The summed E-state index contributed by atoms with van der Waals surface area (Å²) in [6.45, 7) is 0. The van der Waals surface area contributed by atoms with Gasteiger partial charge in [0.15, 0.2) is 11.7 Å². The topological polar surface area (TPSA) is 64.1 Å². The van der Waals surface area contributed by atoms with E-state index >= 15 is 0 Å².